The van der Waals surface area contributed by atoms with Crippen molar-refractivity contribution in [1.82, 2.24) is 5.32 Å². The summed E-state index contributed by atoms with van der Waals surface area (Å²) in [7, 11) is 1.63. The van der Waals surface area contributed by atoms with Crippen LogP contribution in [0, 0.1) is 0 Å². The Hall–Kier alpha value is -0.730. The molecule has 0 amide bonds. The van der Waals surface area contributed by atoms with Crippen molar-refractivity contribution in [2.45, 2.75) is 12.5 Å². The Balaban J connectivity index is 1.84. The summed E-state index contributed by atoms with van der Waals surface area (Å²) in [4.78, 5) is 11.5. The lowest BCUT2D eigenvalue weighted by Gasteiger charge is -2.22. The normalized spacial score (nSPS) is 18.9. The second-order valence-electron chi connectivity index (χ2n) is 4.37. The molecule has 1 rings (SSSR count). The minimum Gasteiger partial charge on any atom is -0.463 e. The van der Waals surface area contributed by atoms with Gasteiger partial charge >= 0.3 is 5.97 Å². The molecule has 0 bridgehead atoms. The number of esters is 1. The molecule has 0 aromatic rings. The molecule has 118 valence electrons. The standard InChI is InChI=1S/C13H25NO6/c1-16-4-5-17-6-7-18-8-9-20-13(15)10-12-11-19-3-2-14-12/h12,14H,2-11H2,1H3. The number of rotatable bonds is 11. The molecule has 1 aliphatic heterocycles. The van der Waals surface area contributed by atoms with Gasteiger partial charge in [-0.2, -0.15) is 0 Å². The molecule has 1 unspecified atom stereocenters. The molecule has 7 nitrogen and oxygen atoms in total. The lowest BCUT2D eigenvalue weighted by Crippen LogP contribution is -2.42. The van der Waals surface area contributed by atoms with Crippen LogP contribution in [0.3, 0.4) is 0 Å². The Morgan fingerprint density at radius 2 is 1.85 bits per heavy atom. The molecule has 1 atom stereocenters. The highest BCUT2D eigenvalue weighted by molar-refractivity contribution is 5.70. The van der Waals surface area contributed by atoms with Gasteiger partial charge in [0.2, 0.25) is 0 Å². The van der Waals surface area contributed by atoms with E-state index >= 15 is 0 Å². The highest BCUT2D eigenvalue weighted by Crippen LogP contribution is 2.00. The van der Waals surface area contributed by atoms with E-state index in [-0.39, 0.29) is 18.6 Å². The Kier molecular flexibility index (Phi) is 10.4. The van der Waals surface area contributed by atoms with E-state index in [0.717, 1.165) is 6.54 Å². The number of ether oxygens (including phenoxy) is 5. The van der Waals surface area contributed by atoms with Crippen LogP contribution >= 0.6 is 0 Å². The van der Waals surface area contributed by atoms with Gasteiger partial charge < -0.3 is 29.0 Å². The van der Waals surface area contributed by atoms with Gasteiger partial charge in [-0.25, -0.2) is 0 Å². The van der Waals surface area contributed by atoms with E-state index in [0.29, 0.717) is 52.7 Å². The fourth-order valence-electron chi connectivity index (χ4n) is 1.69. The summed E-state index contributed by atoms with van der Waals surface area (Å²) in [5.74, 6) is -0.229. The summed E-state index contributed by atoms with van der Waals surface area (Å²) in [5, 5.41) is 3.20. The van der Waals surface area contributed by atoms with Gasteiger partial charge in [0.15, 0.2) is 0 Å². The van der Waals surface area contributed by atoms with Crippen molar-refractivity contribution in [1.29, 1.82) is 0 Å². The van der Waals surface area contributed by atoms with Gasteiger partial charge in [-0.05, 0) is 0 Å². The van der Waals surface area contributed by atoms with E-state index in [1.807, 2.05) is 0 Å². The molecule has 0 spiro atoms. The van der Waals surface area contributed by atoms with Crippen molar-refractivity contribution in [2.75, 3.05) is 66.5 Å². The molecular weight excluding hydrogens is 266 g/mol. The van der Waals surface area contributed by atoms with Crippen LogP contribution in [0.15, 0.2) is 0 Å². The lowest BCUT2D eigenvalue weighted by molar-refractivity contribution is -0.146. The summed E-state index contributed by atoms with van der Waals surface area (Å²) < 4.78 is 25.7. The van der Waals surface area contributed by atoms with Crippen molar-refractivity contribution >= 4 is 5.97 Å². The van der Waals surface area contributed by atoms with Gasteiger partial charge in [-0.15, -0.1) is 0 Å². The average molecular weight is 291 g/mol. The van der Waals surface area contributed by atoms with Crippen LogP contribution in [0.2, 0.25) is 0 Å². The zero-order chi connectivity index (χ0) is 14.5. The van der Waals surface area contributed by atoms with Crippen molar-refractivity contribution < 1.29 is 28.5 Å². The minimum atomic E-state index is -0.229. The quantitative estimate of drug-likeness (QED) is 0.409. The Morgan fingerprint density at radius 1 is 1.15 bits per heavy atom. The molecular formula is C13H25NO6. The van der Waals surface area contributed by atoms with Gasteiger partial charge in [-0.3, -0.25) is 4.79 Å². The van der Waals surface area contributed by atoms with Gasteiger partial charge in [0, 0.05) is 19.7 Å². The monoisotopic (exact) mass is 291 g/mol. The fraction of sp³-hybridized carbons (Fsp3) is 0.923. The fourth-order valence-corrected chi connectivity index (χ4v) is 1.69. The topological polar surface area (TPSA) is 75.2 Å². The number of carbonyl (C=O) groups is 1. The maximum absolute atomic E-state index is 11.5. The predicted octanol–water partition coefficient (Wildman–Crippen LogP) is -0.412. The third-order valence-electron chi connectivity index (χ3n) is 2.71. The first kappa shape index (κ1) is 17.3. The van der Waals surface area contributed by atoms with Crippen LogP contribution in [0.5, 0.6) is 0 Å². The molecule has 0 saturated carbocycles. The molecule has 0 aliphatic carbocycles. The van der Waals surface area contributed by atoms with E-state index < -0.39 is 0 Å². The van der Waals surface area contributed by atoms with Crippen molar-refractivity contribution in [3.05, 3.63) is 0 Å². The van der Waals surface area contributed by atoms with Gasteiger partial charge in [0.25, 0.3) is 0 Å². The summed E-state index contributed by atoms with van der Waals surface area (Å²) in [6, 6.07) is 0.0614. The summed E-state index contributed by atoms with van der Waals surface area (Å²) in [5.41, 5.74) is 0. The first-order valence-electron chi connectivity index (χ1n) is 6.94. The van der Waals surface area contributed by atoms with E-state index in [9.17, 15) is 4.79 Å². The molecule has 7 heteroatoms. The van der Waals surface area contributed by atoms with Crippen LogP contribution in [-0.4, -0.2) is 78.5 Å². The molecule has 20 heavy (non-hydrogen) atoms. The van der Waals surface area contributed by atoms with Crippen molar-refractivity contribution in [3.8, 4) is 0 Å². The summed E-state index contributed by atoms with van der Waals surface area (Å²) >= 11 is 0. The maximum atomic E-state index is 11.5. The maximum Gasteiger partial charge on any atom is 0.307 e. The molecule has 0 aromatic heterocycles. The first-order chi connectivity index (χ1) is 9.83. The second kappa shape index (κ2) is 12.0. The predicted molar refractivity (Wildman–Crippen MR) is 71.7 cm³/mol. The zero-order valence-electron chi connectivity index (χ0n) is 12.1. The number of carbonyl (C=O) groups excluding carboxylic acids is 1. The van der Waals surface area contributed by atoms with Gasteiger partial charge in [0.1, 0.15) is 6.61 Å². The van der Waals surface area contributed by atoms with Crippen LogP contribution in [-0.2, 0) is 28.5 Å². The van der Waals surface area contributed by atoms with Crippen LogP contribution in [0.4, 0.5) is 0 Å². The van der Waals surface area contributed by atoms with E-state index in [1.54, 1.807) is 7.11 Å². The number of hydrogen-bond acceptors (Lipinski definition) is 7. The van der Waals surface area contributed by atoms with E-state index in [2.05, 4.69) is 5.32 Å². The van der Waals surface area contributed by atoms with E-state index in [1.165, 1.54) is 0 Å². The second-order valence-corrected chi connectivity index (χ2v) is 4.37. The largest absolute Gasteiger partial charge is 0.463 e. The highest BCUT2D eigenvalue weighted by atomic mass is 16.6. The number of nitrogens with one attached hydrogen (secondary N) is 1. The summed E-state index contributed by atoms with van der Waals surface area (Å²) in [6.45, 7) is 4.83. The molecule has 1 aliphatic rings. The Bertz CT molecular complexity index is 245. The lowest BCUT2D eigenvalue weighted by atomic mass is 10.2. The Labute approximate surface area is 119 Å². The molecule has 1 N–H and O–H groups in total. The zero-order valence-corrected chi connectivity index (χ0v) is 12.1. The average Bonchev–Trinajstić information content (AvgIpc) is 2.46. The smallest absolute Gasteiger partial charge is 0.307 e. The van der Waals surface area contributed by atoms with Crippen LogP contribution < -0.4 is 5.32 Å². The Morgan fingerprint density at radius 3 is 2.50 bits per heavy atom. The molecule has 1 saturated heterocycles. The van der Waals surface area contributed by atoms with E-state index in [4.69, 9.17) is 23.7 Å². The first-order valence-corrected chi connectivity index (χ1v) is 6.94. The van der Waals surface area contributed by atoms with Gasteiger partial charge in [-0.1, -0.05) is 0 Å². The highest BCUT2D eigenvalue weighted by Gasteiger charge is 2.17. The van der Waals surface area contributed by atoms with Crippen LogP contribution in [0.1, 0.15) is 6.42 Å². The number of morpholine rings is 1. The minimum absolute atomic E-state index is 0.0614. The molecule has 0 aromatic carbocycles. The molecule has 1 heterocycles. The van der Waals surface area contributed by atoms with Crippen LogP contribution in [0.25, 0.3) is 0 Å². The molecule has 0 radical (unpaired) electrons. The van der Waals surface area contributed by atoms with Crippen molar-refractivity contribution in [3.63, 3.8) is 0 Å². The summed E-state index contributed by atoms with van der Waals surface area (Å²) in [6.07, 6.45) is 0.333. The van der Waals surface area contributed by atoms with Crippen molar-refractivity contribution in [2.24, 2.45) is 0 Å². The van der Waals surface area contributed by atoms with Gasteiger partial charge in [0.05, 0.1) is 52.7 Å². The number of methoxy groups -OCH3 is 1. The third-order valence-corrected chi connectivity index (χ3v) is 2.71. The SMILES string of the molecule is COCCOCCOCCOC(=O)CC1COCCN1. The molecule has 1 fully saturated rings. The number of hydrogen-bond donors (Lipinski definition) is 1. The third kappa shape index (κ3) is 9.22.